The molecule has 1 aromatic rings. The highest BCUT2D eigenvalue weighted by Gasteiger charge is 2.27. The first-order chi connectivity index (χ1) is 8.65. The lowest BCUT2D eigenvalue weighted by molar-refractivity contribution is -0.242. The maximum absolute atomic E-state index is 11.7. The van der Waals surface area contributed by atoms with Crippen LogP contribution in [0.25, 0.3) is 0 Å². The summed E-state index contributed by atoms with van der Waals surface area (Å²) < 4.78 is 0. The molecule has 0 heterocycles. The van der Waals surface area contributed by atoms with Crippen LogP contribution in [0.15, 0.2) is 30.3 Å². The molecule has 3 heteroatoms. The molecule has 0 aliphatic heterocycles. The summed E-state index contributed by atoms with van der Waals surface area (Å²) in [6, 6.07) is 8.88. The van der Waals surface area contributed by atoms with Gasteiger partial charge in [-0.1, -0.05) is 32.0 Å². The zero-order chi connectivity index (χ0) is 13.0. The summed E-state index contributed by atoms with van der Waals surface area (Å²) in [5, 5.41) is 0. The zero-order valence-corrected chi connectivity index (χ0v) is 10.9. The molecule has 2 atom stereocenters. The molecule has 1 saturated carbocycles. The lowest BCUT2D eigenvalue weighted by Gasteiger charge is -2.28. The van der Waals surface area contributed by atoms with Crippen LogP contribution in [0.4, 0.5) is 0 Å². The molecule has 2 unspecified atom stereocenters. The Balaban J connectivity index is 1.83. The molecule has 1 radical (unpaired) electrons. The number of carbonyl (C=O) groups is 1. The van der Waals surface area contributed by atoms with Crippen molar-refractivity contribution in [2.45, 2.75) is 33.1 Å². The van der Waals surface area contributed by atoms with E-state index in [1.807, 2.05) is 6.07 Å². The summed E-state index contributed by atoms with van der Waals surface area (Å²) in [6.07, 6.45) is 3.85. The van der Waals surface area contributed by atoms with E-state index < -0.39 is 5.97 Å². The van der Waals surface area contributed by atoms with Crippen molar-refractivity contribution in [1.82, 2.24) is 0 Å². The molecule has 1 fully saturated rings. The Morgan fingerprint density at radius 1 is 1.11 bits per heavy atom. The van der Waals surface area contributed by atoms with Crippen LogP contribution in [0, 0.1) is 17.9 Å². The number of carbonyl (C=O) groups excluding carboxylic acids is 1. The highest BCUT2D eigenvalue weighted by Crippen LogP contribution is 2.35. The second kappa shape index (κ2) is 6.01. The predicted molar refractivity (Wildman–Crippen MR) is 68.4 cm³/mol. The summed E-state index contributed by atoms with van der Waals surface area (Å²) in [5.41, 5.74) is 0.509. The van der Waals surface area contributed by atoms with Gasteiger partial charge in [0.15, 0.2) is 0 Å². The van der Waals surface area contributed by atoms with Gasteiger partial charge in [-0.05, 0) is 43.2 Å². The molecule has 0 saturated heterocycles. The van der Waals surface area contributed by atoms with Crippen molar-refractivity contribution in [3.8, 4) is 0 Å². The van der Waals surface area contributed by atoms with E-state index in [4.69, 9.17) is 9.78 Å². The van der Waals surface area contributed by atoms with Crippen molar-refractivity contribution in [1.29, 1.82) is 0 Å². The van der Waals surface area contributed by atoms with Crippen molar-refractivity contribution in [3.63, 3.8) is 0 Å². The molecule has 3 nitrogen and oxygen atoms in total. The van der Waals surface area contributed by atoms with Crippen LogP contribution in [0.1, 0.15) is 43.5 Å². The van der Waals surface area contributed by atoms with Crippen LogP contribution in [-0.4, -0.2) is 5.97 Å². The van der Waals surface area contributed by atoms with Gasteiger partial charge in [0.05, 0.1) is 5.56 Å². The summed E-state index contributed by atoms with van der Waals surface area (Å²) in [5.74, 6) is 0.757. The first-order valence-corrected chi connectivity index (χ1v) is 6.43. The first kappa shape index (κ1) is 13.1. The van der Waals surface area contributed by atoms with Gasteiger partial charge >= 0.3 is 5.97 Å². The summed E-state index contributed by atoms with van der Waals surface area (Å²) in [6.45, 7) is 4.38. The molecule has 1 aliphatic carbocycles. The number of rotatable bonds is 3. The SMILES string of the molecule is CC1C[C](OOC(=O)c2ccccc2)CC(C)C1. The minimum absolute atomic E-state index is 0.436. The van der Waals surface area contributed by atoms with E-state index in [2.05, 4.69) is 13.8 Å². The molecule has 1 aliphatic rings. The fraction of sp³-hybridized carbons (Fsp3) is 0.467. The Labute approximate surface area is 108 Å². The minimum atomic E-state index is -0.436. The van der Waals surface area contributed by atoms with Crippen LogP contribution in [-0.2, 0) is 9.78 Å². The first-order valence-electron chi connectivity index (χ1n) is 6.43. The standard InChI is InChI=1S/C15H19O3/c1-11-8-12(2)10-14(9-11)17-18-15(16)13-6-4-3-5-7-13/h3-7,11-12H,8-10H2,1-2H3. The molecule has 0 aromatic heterocycles. The molecule has 0 bridgehead atoms. The summed E-state index contributed by atoms with van der Waals surface area (Å²) in [7, 11) is 0. The van der Waals surface area contributed by atoms with Crippen LogP contribution >= 0.6 is 0 Å². The van der Waals surface area contributed by atoms with Gasteiger partial charge < -0.3 is 0 Å². The van der Waals surface area contributed by atoms with Gasteiger partial charge in [-0.25, -0.2) is 4.79 Å². The van der Waals surface area contributed by atoms with Crippen LogP contribution in [0.5, 0.6) is 0 Å². The van der Waals surface area contributed by atoms with Crippen LogP contribution < -0.4 is 0 Å². The van der Waals surface area contributed by atoms with Crippen molar-refractivity contribution in [3.05, 3.63) is 42.0 Å². The van der Waals surface area contributed by atoms with E-state index >= 15 is 0 Å². The van der Waals surface area contributed by atoms with E-state index in [0.29, 0.717) is 17.4 Å². The van der Waals surface area contributed by atoms with Crippen LogP contribution in [0.3, 0.4) is 0 Å². The highest BCUT2D eigenvalue weighted by atomic mass is 17.2. The lowest BCUT2D eigenvalue weighted by Crippen LogP contribution is -2.21. The van der Waals surface area contributed by atoms with Gasteiger partial charge in [0, 0.05) is 0 Å². The monoisotopic (exact) mass is 247 g/mol. The fourth-order valence-electron chi connectivity index (χ4n) is 2.50. The fourth-order valence-corrected chi connectivity index (χ4v) is 2.50. The van der Waals surface area contributed by atoms with Crippen molar-refractivity contribution >= 4 is 5.97 Å². The Hall–Kier alpha value is -1.35. The van der Waals surface area contributed by atoms with Gasteiger partial charge in [0.1, 0.15) is 6.10 Å². The van der Waals surface area contributed by atoms with Crippen molar-refractivity contribution in [2.24, 2.45) is 11.8 Å². The van der Waals surface area contributed by atoms with E-state index in [1.165, 1.54) is 6.42 Å². The largest absolute Gasteiger partial charge is 0.373 e. The third-order valence-electron chi connectivity index (χ3n) is 3.20. The number of benzene rings is 1. The Kier molecular flexibility index (Phi) is 4.37. The number of hydrogen-bond acceptors (Lipinski definition) is 3. The molecule has 97 valence electrons. The Morgan fingerprint density at radius 3 is 2.33 bits per heavy atom. The molecule has 0 spiro atoms. The van der Waals surface area contributed by atoms with Gasteiger partial charge in [-0.2, -0.15) is 4.89 Å². The highest BCUT2D eigenvalue weighted by molar-refractivity contribution is 5.88. The lowest BCUT2D eigenvalue weighted by atomic mass is 9.82. The van der Waals surface area contributed by atoms with Crippen LogP contribution in [0.2, 0.25) is 0 Å². The molecule has 18 heavy (non-hydrogen) atoms. The number of hydrogen-bond donors (Lipinski definition) is 0. The second-order valence-electron chi connectivity index (χ2n) is 5.21. The molecular formula is C15H19O3. The average Bonchev–Trinajstić information content (AvgIpc) is 2.36. The predicted octanol–water partition coefficient (Wildman–Crippen LogP) is 3.76. The summed E-state index contributed by atoms with van der Waals surface area (Å²) in [4.78, 5) is 21.8. The average molecular weight is 247 g/mol. The Morgan fingerprint density at radius 2 is 1.72 bits per heavy atom. The van der Waals surface area contributed by atoms with Crippen molar-refractivity contribution in [2.75, 3.05) is 0 Å². The molecule has 0 amide bonds. The third kappa shape index (κ3) is 3.57. The zero-order valence-electron chi connectivity index (χ0n) is 10.9. The van der Waals surface area contributed by atoms with E-state index in [9.17, 15) is 4.79 Å². The molecular weight excluding hydrogens is 228 g/mol. The Bertz CT molecular complexity index is 378. The van der Waals surface area contributed by atoms with E-state index in [-0.39, 0.29) is 0 Å². The van der Waals surface area contributed by atoms with E-state index in [0.717, 1.165) is 18.9 Å². The van der Waals surface area contributed by atoms with Crippen molar-refractivity contribution < 1.29 is 14.6 Å². The smallest absolute Gasteiger partial charge is 0.292 e. The van der Waals surface area contributed by atoms with Gasteiger partial charge in [0.2, 0.25) is 0 Å². The maximum atomic E-state index is 11.7. The second-order valence-corrected chi connectivity index (χ2v) is 5.21. The quantitative estimate of drug-likeness (QED) is 0.602. The minimum Gasteiger partial charge on any atom is -0.292 e. The normalized spacial score (nSPS) is 24.8. The topological polar surface area (TPSA) is 35.5 Å². The van der Waals surface area contributed by atoms with Gasteiger partial charge in [-0.3, -0.25) is 4.89 Å². The molecule has 1 aromatic carbocycles. The maximum Gasteiger partial charge on any atom is 0.373 e. The van der Waals surface area contributed by atoms with E-state index in [1.54, 1.807) is 24.3 Å². The summed E-state index contributed by atoms with van der Waals surface area (Å²) >= 11 is 0. The molecule has 0 N–H and O–H groups in total. The van der Waals surface area contributed by atoms with Gasteiger partial charge in [0.25, 0.3) is 0 Å². The molecule has 2 rings (SSSR count). The third-order valence-corrected chi connectivity index (χ3v) is 3.20. The van der Waals surface area contributed by atoms with Gasteiger partial charge in [-0.15, -0.1) is 0 Å².